The summed E-state index contributed by atoms with van der Waals surface area (Å²) in [6.45, 7) is 9.94. The molecular weight excluding hydrogens is 268 g/mol. The Kier molecular flexibility index (Phi) is 6.99. The van der Waals surface area contributed by atoms with Gasteiger partial charge in [0.1, 0.15) is 0 Å². The summed E-state index contributed by atoms with van der Waals surface area (Å²) in [7, 11) is 0. The smallest absolute Gasteiger partial charge is 0.317 e. The van der Waals surface area contributed by atoms with Gasteiger partial charge in [-0.05, 0) is 43.9 Å². The van der Waals surface area contributed by atoms with E-state index in [9.17, 15) is 9.59 Å². The van der Waals surface area contributed by atoms with E-state index in [1.165, 1.54) is 0 Å². The Balaban J connectivity index is 2.33. The first-order valence-corrected chi connectivity index (χ1v) is 8.07. The summed E-state index contributed by atoms with van der Waals surface area (Å²) in [4.78, 5) is 24.7. The minimum absolute atomic E-state index is 0.0209. The molecule has 3 unspecified atom stereocenters. The number of nitrogens with one attached hydrogen (secondary N) is 1. The highest BCUT2D eigenvalue weighted by Crippen LogP contribution is 2.23. The molecule has 21 heavy (non-hydrogen) atoms. The summed E-state index contributed by atoms with van der Waals surface area (Å²) in [5.41, 5.74) is 0. The lowest BCUT2D eigenvalue weighted by molar-refractivity contribution is -0.137. The van der Waals surface area contributed by atoms with Crippen molar-refractivity contribution >= 4 is 12.0 Å². The van der Waals surface area contributed by atoms with Crippen LogP contribution in [0.25, 0.3) is 0 Å². The Bertz CT molecular complexity index is 357. The van der Waals surface area contributed by atoms with Gasteiger partial charge in [0.2, 0.25) is 0 Å². The van der Waals surface area contributed by atoms with Crippen molar-refractivity contribution in [2.45, 2.75) is 59.4 Å². The molecule has 5 heteroatoms. The molecule has 0 bridgehead atoms. The number of carboxylic acids is 1. The number of amides is 2. The van der Waals surface area contributed by atoms with Crippen LogP contribution in [0.1, 0.15) is 53.4 Å². The van der Waals surface area contributed by atoms with Crippen molar-refractivity contribution in [3.63, 3.8) is 0 Å². The van der Waals surface area contributed by atoms with Gasteiger partial charge in [-0.15, -0.1) is 0 Å². The Morgan fingerprint density at radius 1 is 1.29 bits per heavy atom. The summed E-state index contributed by atoms with van der Waals surface area (Å²) < 4.78 is 0. The molecule has 2 amide bonds. The highest BCUT2D eigenvalue weighted by Gasteiger charge is 2.29. The normalized spacial score (nSPS) is 23.4. The van der Waals surface area contributed by atoms with Crippen LogP contribution in [0.4, 0.5) is 4.79 Å². The maximum absolute atomic E-state index is 12.1. The van der Waals surface area contributed by atoms with Gasteiger partial charge in [0.15, 0.2) is 0 Å². The molecule has 1 rings (SSSR count). The van der Waals surface area contributed by atoms with Crippen LogP contribution in [-0.4, -0.2) is 41.1 Å². The number of aliphatic carboxylic acids is 1. The summed E-state index contributed by atoms with van der Waals surface area (Å²) in [5, 5.41) is 11.8. The third-order valence-corrected chi connectivity index (χ3v) is 4.51. The number of likely N-dealkylation sites (tertiary alicyclic amines) is 1. The van der Waals surface area contributed by atoms with Gasteiger partial charge in [0.05, 0.1) is 0 Å². The van der Waals surface area contributed by atoms with Crippen LogP contribution in [0.15, 0.2) is 0 Å². The summed E-state index contributed by atoms with van der Waals surface area (Å²) >= 11 is 0. The molecule has 2 N–H and O–H groups in total. The van der Waals surface area contributed by atoms with Crippen molar-refractivity contribution < 1.29 is 14.7 Å². The van der Waals surface area contributed by atoms with E-state index in [-0.39, 0.29) is 12.5 Å². The first kappa shape index (κ1) is 17.8. The second kappa shape index (κ2) is 8.25. The first-order chi connectivity index (χ1) is 9.81. The number of carbonyl (C=O) groups is 2. The van der Waals surface area contributed by atoms with Crippen LogP contribution in [0.5, 0.6) is 0 Å². The second-order valence-corrected chi connectivity index (χ2v) is 6.80. The molecule has 1 saturated heterocycles. The van der Waals surface area contributed by atoms with E-state index in [1.807, 2.05) is 4.90 Å². The lowest BCUT2D eigenvalue weighted by Gasteiger charge is -2.24. The van der Waals surface area contributed by atoms with Gasteiger partial charge in [-0.2, -0.15) is 0 Å². The zero-order valence-electron chi connectivity index (χ0n) is 13.8. The number of nitrogens with zero attached hydrogens (tertiary/aromatic N) is 1. The fourth-order valence-corrected chi connectivity index (χ4v) is 3.17. The van der Waals surface area contributed by atoms with E-state index in [2.05, 4.69) is 33.0 Å². The second-order valence-electron chi connectivity index (χ2n) is 6.80. The number of carbonyl (C=O) groups excluding carboxylic acids is 1. The molecular formula is C16H30N2O3. The van der Waals surface area contributed by atoms with Gasteiger partial charge < -0.3 is 15.3 Å². The van der Waals surface area contributed by atoms with Crippen molar-refractivity contribution in [3.8, 4) is 0 Å². The molecule has 1 aliphatic rings. The zero-order valence-corrected chi connectivity index (χ0v) is 13.8. The van der Waals surface area contributed by atoms with Gasteiger partial charge in [-0.3, -0.25) is 4.79 Å². The zero-order chi connectivity index (χ0) is 16.0. The van der Waals surface area contributed by atoms with Crippen molar-refractivity contribution in [2.24, 2.45) is 17.8 Å². The maximum atomic E-state index is 12.1. The Labute approximate surface area is 128 Å². The minimum Gasteiger partial charge on any atom is -0.481 e. The van der Waals surface area contributed by atoms with E-state index < -0.39 is 5.97 Å². The van der Waals surface area contributed by atoms with Crippen LogP contribution in [-0.2, 0) is 4.79 Å². The summed E-state index contributed by atoms with van der Waals surface area (Å²) in [6.07, 6.45) is 2.80. The minimum atomic E-state index is -0.746. The standard InChI is InChI=1S/C16H30N2O3/c1-11(2)14(5-6-15(19)20)7-8-17-16(21)18-10-12(3)9-13(18)4/h11-14H,5-10H2,1-4H3,(H,17,21)(H,19,20). The highest BCUT2D eigenvalue weighted by molar-refractivity contribution is 5.74. The molecule has 1 aliphatic heterocycles. The molecule has 0 aromatic carbocycles. The van der Waals surface area contributed by atoms with Gasteiger partial charge in [-0.25, -0.2) is 4.79 Å². The van der Waals surface area contributed by atoms with Crippen LogP contribution >= 0.6 is 0 Å². The van der Waals surface area contributed by atoms with Gasteiger partial charge in [0, 0.05) is 25.6 Å². The molecule has 0 aliphatic carbocycles. The number of carboxylic acid groups (broad SMARTS) is 1. The number of urea groups is 1. The topological polar surface area (TPSA) is 69.6 Å². The Morgan fingerprint density at radius 2 is 1.95 bits per heavy atom. The van der Waals surface area contributed by atoms with Crippen molar-refractivity contribution in [1.29, 1.82) is 0 Å². The predicted molar refractivity (Wildman–Crippen MR) is 83.2 cm³/mol. The van der Waals surface area contributed by atoms with Crippen LogP contribution in [0.3, 0.4) is 0 Å². The molecule has 3 atom stereocenters. The van der Waals surface area contributed by atoms with E-state index in [4.69, 9.17) is 5.11 Å². The lowest BCUT2D eigenvalue weighted by Crippen LogP contribution is -2.42. The molecule has 0 saturated carbocycles. The van der Waals surface area contributed by atoms with E-state index >= 15 is 0 Å². The van der Waals surface area contributed by atoms with Crippen molar-refractivity contribution in [1.82, 2.24) is 10.2 Å². The van der Waals surface area contributed by atoms with Crippen LogP contribution < -0.4 is 5.32 Å². The van der Waals surface area contributed by atoms with Crippen molar-refractivity contribution in [2.75, 3.05) is 13.1 Å². The molecule has 0 aromatic heterocycles. The fraction of sp³-hybridized carbons (Fsp3) is 0.875. The largest absolute Gasteiger partial charge is 0.481 e. The van der Waals surface area contributed by atoms with E-state index in [0.29, 0.717) is 36.8 Å². The van der Waals surface area contributed by atoms with Gasteiger partial charge in [-0.1, -0.05) is 20.8 Å². The quantitative estimate of drug-likeness (QED) is 0.759. The summed E-state index contributed by atoms with van der Waals surface area (Å²) in [5.74, 6) is 0.609. The molecule has 1 fully saturated rings. The maximum Gasteiger partial charge on any atom is 0.317 e. The molecule has 5 nitrogen and oxygen atoms in total. The van der Waals surface area contributed by atoms with Crippen molar-refractivity contribution in [3.05, 3.63) is 0 Å². The monoisotopic (exact) mass is 298 g/mol. The molecule has 0 aromatic rings. The Hall–Kier alpha value is -1.26. The van der Waals surface area contributed by atoms with Crippen LogP contribution in [0, 0.1) is 17.8 Å². The third-order valence-electron chi connectivity index (χ3n) is 4.51. The molecule has 122 valence electrons. The lowest BCUT2D eigenvalue weighted by atomic mass is 9.88. The summed E-state index contributed by atoms with van der Waals surface area (Å²) in [6, 6.07) is 0.334. The first-order valence-electron chi connectivity index (χ1n) is 8.07. The number of hydrogen-bond acceptors (Lipinski definition) is 2. The fourth-order valence-electron chi connectivity index (χ4n) is 3.17. The average Bonchev–Trinajstić information content (AvgIpc) is 2.71. The van der Waals surface area contributed by atoms with Gasteiger partial charge in [0.25, 0.3) is 0 Å². The van der Waals surface area contributed by atoms with Gasteiger partial charge >= 0.3 is 12.0 Å². The molecule has 1 heterocycles. The predicted octanol–water partition coefficient (Wildman–Crippen LogP) is 2.95. The van der Waals surface area contributed by atoms with E-state index in [0.717, 1.165) is 19.4 Å². The number of rotatable bonds is 7. The third kappa shape index (κ3) is 5.94. The SMILES string of the molecule is CC1CC(C)N(C(=O)NCCC(CCC(=O)O)C(C)C)C1. The highest BCUT2D eigenvalue weighted by atomic mass is 16.4. The average molecular weight is 298 g/mol. The number of hydrogen-bond donors (Lipinski definition) is 2. The van der Waals surface area contributed by atoms with E-state index in [1.54, 1.807) is 0 Å². The van der Waals surface area contributed by atoms with Crippen LogP contribution in [0.2, 0.25) is 0 Å². The Morgan fingerprint density at radius 3 is 2.43 bits per heavy atom. The molecule has 0 spiro atoms. The molecule has 0 radical (unpaired) electrons.